The molecule has 0 spiro atoms. The van der Waals surface area contributed by atoms with Crippen LogP contribution in [0.5, 0.6) is 11.5 Å². The molecule has 0 unspecified atom stereocenters. The Morgan fingerprint density at radius 2 is 1.56 bits per heavy atom. The van der Waals surface area contributed by atoms with E-state index in [0.717, 1.165) is 16.7 Å². The molecule has 1 saturated heterocycles. The van der Waals surface area contributed by atoms with Gasteiger partial charge in [-0.1, -0.05) is 60.7 Å². The van der Waals surface area contributed by atoms with Gasteiger partial charge in [0.05, 0.1) is 31.2 Å². The van der Waals surface area contributed by atoms with E-state index in [1.54, 1.807) is 62.4 Å². The maximum Gasteiger partial charge on any atom is 0.255 e. The second kappa shape index (κ2) is 13.9. The molecular formula is C34H33N3O5S. The van der Waals surface area contributed by atoms with Gasteiger partial charge in [-0.2, -0.15) is 0 Å². The number of hydrogen-bond acceptors (Lipinski definition) is 6. The van der Waals surface area contributed by atoms with Crippen LogP contribution in [-0.2, 0) is 17.8 Å². The zero-order valence-corrected chi connectivity index (χ0v) is 24.9. The summed E-state index contributed by atoms with van der Waals surface area (Å²) in [5.41, 5.74) is 4.27. The minimum Gasteiger partial charge on any atom is -0.493 e. The number of amides is 3. The predicted molar refractivity (Wildman–Crippen MR) is 169 cm³/mol. The van der Waals surface area contributed by atoms with Crippen LogP contribution >= 0.6 is 11.8 Å². The quantitative estimate of drug-likeness (QED) is 0.231. The summed E-state index contributed by atoms with van der Waals surface area (Å²) in [5.74, 6) is 1.19. The molecule has 5 rings (SSSR count). The second-order valence-electron chi connectivity index (χ2n) is 9.99. The number of ether oxygens (including phenoxy) is 2. The third-order valence-electron chi connectivity index (χ3n) is 7.19. The molecule has 0 bridgehead atoms. The van der Waals surface area contributed by atoms with Gasteiger partial charge in [-0.05, 0) is 59.5 Å². The Balaban J connectivity index is 1.20. The van der Waals surface area contributed by atoms with Crippen LogP contribution in [0.1, 0.15) is 42.8 Å². The van der Waals surface area contributed by atoms with Gasteiger partial charge in [-0.15, -0.1) is 11.8 Å². The van der Waals surface area contributed by atoms with E-state index in [9.17, 15) is 14.4 Å². The van der Waals surface area contributed by atoms with Crippen LogP contribution in [0.2, 0.25) is 0 Å². The molecule has 0 aromatic heterocycles. The summed E-state index contributed by atoms with van der Waals surface area (Å²) in [5, 5.41) is 5.70. The third-order valence-corrected chi connectivity index (χ3v) is 8.44. The Morgan fingerprint density at radius 1 is 0.837 bits per heavy atom. The topological polar surface area (TPSA) is 97.0 Å². The van der Waals surface area contributed by atoms with E-state index in [0.29, 0.717) is 53.6 Å². The highest BCUT2D eigenvalue weighted by molar-refractivity contribution is 8.00. The largest absolute Gasteiger partial charge is 0.493 e. The lowest BCUT2D eigenvalue weighted by Gasteiger charge is -2.24. The molecule has 1 aliphatic rings. The van der Waals surface area contributed by atoms with Crippen molar-refractivity contribution in [1.82, 2.24) is 10.2 Å². The summed E-state index contributed by atoms with van der Waals surface area (Å²) in [6.07, 6.45) is 0.598. The first-order valence-corrected chi connectivity index (χ1v) is 15.0. The molecule has 2 N–H and O–H groups in total. The molecule has 0 radical (unpaired) electrons. The Morgan fingerprint density at radius 3 is 2.30 bits per heavy atom. The number of methoxy groups -OCH3 is 2. The van der Waals surface area contributed by atoms with E-state index in [1.165, 1.54) is 0 Å². The highest BCUT2D eigenvalue weighted by Gasteiger charge is 2.32. The SMILES string of the molecule is COc1ccc(CCNC(=O)c2ccccc2NC(=O)c2ccc([C@H]3SCC(=O)N3Cc3ccccc3)cc2)cc1OC. The third kappa shape index (κ3) is 7.18. The van der Waals surface area contributed by atoms with E-state index < -0.39 is 0 Å². The Labute approximate surface area is 255 Å². The average molecular weight is 596 g/mol. The number of benzene rings is 4. The summed E-state index contributed by atoms with van der Waals surface area (Å²) >= 11 is 1.58. The van der Waals surface area contributed by atoms with Crippen LogP contribution < -0.4 is 20.1 Å². The number of hydrogen-bond donors (Lipinski definition) is 2. The molecule has 1 heterocycles. The average Bonchev–Trinajstić information content (AvgIpc) is 3.40. The molecular weight excluding hydrogens is 562 g/mol. The lowest BCUT2D eigenvalue weighted by molar-refractivity contribution is -0.128. The maximum absolute atomic E-state index is 13.2. The Kier molecular flexibility index (Phi) is 9.63. The lowest BCUT2D eigenvalue weighted by atomic mass is 10.1. The normalized spacial score (nSPS) is 14.3. The van der Waals surface area contributed by atoms with Gasteiger partial charge >= 0.3 is 0 Å². The van der Waals surface area contributed by atoms with Crippen molar-refractivity contribution in [2.75, 3.05) is 31.8 Å². The van der Waals surface area contributed by atoms with Gasteiger partial charge in [0.15, 0.2) is 11.5 Å². The molecule has 3 amide bonds. The first-order chi connectivity index (χ1) is 21.0. The Bertz CT molecular complexity index is 1590. The molecule has 43 heavy (non-hydrogen) atoms. The van der Waals surface area contributed by atoms with Gasteiger partial charge in [-0.3, -0.25) is 14.4 Å². The maximum atomic E-state index is 13.2. The summed E-state index contributed by atoms with van der Waals surface area (Å²) < 4.78 is 10.6. The molecule has 0 saturated carbocycles. The molecule has 1 aliphatic heterocycles. The fraction of sp³-hybridized carbons (Fsp3) is 0.206. The number of carbonyl (C=O) groups is 3. The standard InChI is InChI=1S/C34H33N3O5S/c1-41-29-17-12-23(20-30(29)42-2)18-19-35-33(40)27-10-6-7-11-28(27)36-32(39)25-13-15-26(16-14-25)34-37(31(38)22-43-34)21-24-8-4-3-5-9-24/h3-17,20,34H,18-19,21-22H2,1-2H3,(H,35,40)(H,36,39)/t34-/m1/s1. The van der Waals surface area contributed by atoms with E-state index in [2.05, 4.69) is 10.6 Å². The summed E-state index contributed by atoms with van der Waals surface area (Å²) in [6, 6.07) is 29.7. The molecule has 0 aliphatic carbocycles. The summed E-state index contributed by atoms with van der Waals surface area (Å²) in [6.45, 7) is 0.938. The van der Waals surface area contributed by atoms with Crippen LogP contribution in [0.15, 0.2) is 97.1 Å². The molecule has 9 heteroatoms. The van der Waals surface area contributed by atoms with E-state index >= 15 is 0 Å². The molecule has 4 aromatic rings. The second-order valence-corrected chi connectivity index (χ2v) is 11.1. The van der Waals surface area contributed by atoms with Crippen molar-refractivity contribution >= 4 is 35.2 Å². The highest BCUT2D eigenvalue weighted by atomic mass is 32.2. The number of nitrogens with one attached hydrogen (secondary N) is 2. The minimum atomic E-state index is -0.326. The lowest BCUT2D eigenvalue weighted by Crippen LogP contribution is -2.27. The van der Waals surface area contributed by atoms with Crippen LogP contribution in [0.3, 0.4) is 0 Å². The van der Waals surface area contributed by atoms with Gasteiger partial charge < -0.3 is 25.0 Å². The fourth-order valence-electron chi connectivity index (χ4n) is 4.92. The zero-order valence-electron chi connectivity index (χ0n) is 24.0. The van der Waals surface area contributed by atoms with Crippen molar-refractivity contribution in [3.05, 3.63) is 125 Å². The predicted octanol–water partition coefficient (Wildman–Crippen LogP) is 5.70. The van der Waals surface area contributed by atoms with Gasteiger partial charge in [0.25, 0.3) is 11.8 Å². The van der Waals surface area contributed by atoms with Gasteiger partial charge in [0.1, 0.15) is 5.37 Å². The molecule has 8 nitrogen and oxygen atoms in total. The van der Waals surface area contributed by atoms with Crippen molar-refractivity contribution in [2.24, 2.45) is 0 Å². The van der Waals surface area contributed by atoms with Gasteiger partial charge in [-0.25, -0.2) is 0 Å². The minimum absolute atomic E-state index is 0.0966. The van der Waals surface area contributed by atoms with Crippen molar-refractivity contribution in [3.63, 3.8) is 0 Å². The van der Waals surface area contributed by atoms with Crippen molar-refractivity contribution in [2.45, 2.75) is 18.3 Å². The fourth-order valence-corrected chi connectivity index (χ4v) is 6.10. The number of para-hydroxylation sites is 1. The highest BCUT2D eigenvalue weighted by Crippen LogP contribution is 2.39. The van der Waals surface area contributed by atoms with Gasteiger partial charge in [0.2, 0.25) is 5.91 Å². The van der Waals surface area contributed by atoms with Gasteiger partial charge in [0, 0.05) is 18.7 Å². The first-order valence-electron chi connectivity index (χ1n) is 13.9. The van der Waals surface area contributed by atoms with E-state index in [-0.39, 0.29) is 23.1 Å². The number of carbonyl (C=O) groups excluding carboxylic acids is 3. The van der Waals surface area contributed by atoms with E-state index in [1.807, 2.05) is 65.6 Å². The van der Waals surface area contributed by atoms with Crippen LogP contribution in [0.4, 0.5) is 5.69 Å². The van der Waals surface area contributed by atoms with E-state index in [4.69, 9.17) is 9.47 Å². The number of nitrogens with zero attached hydrogens (tertiary/aromatic N) is 1. The molecule has 1 fully saturated rings. The number of anilines is 1. The van der Waals surface area contributed by atoms with Crippen LogP contribution in [-0.4, -0.2) is 49.1 Å². The molecule has 220 valence electrons. The van der Waals surface area contributed by atoms with Crippen LogP contribution in [0, 0.1) is 0 Å². The van der Waals surface area contributed by atoms with Crippen molar-refractivity contribution < 1.29 is 23.9 Å². The van der Waals surface area contributed by atoms with Crippen molar-refractivity contribution in [3.8, 4) is 11.5 Å². The number of rotatable bonds is 11. The summed E-state index contributed by atoms with van der Waals surface area (Å²) in [4.78, 5) is 40.7. The number of thioether (sulfide) groups is 1. The van der Waals surface area contributed by atoms with Crippen molar-refractivity contribution in [1.29, 1.82) is 0 Å². The molecule has 1 atom stereocenters. The monoisotopic (exact) mass is 595 g/mol. The Hall–Kier alpha value is -4.76. The van der Waals surface area contributed by atoms with Crippen LogP contribution in [0.25, 0.3) is 0 Å². The smallest absolute Gasteiger partial charge is 0.255 e. The summed E-state index contributed by atoms with van der Waals surface area (Å²) in [7, 11) is 3.17. The zero-order chi connectivity index (χ0) is 30.2. The first kappa shape index (κ1) is 29.7. The molecule has 4 aromatic carbocycles.